The first-order chi connectivity index (χ1) is 13.0. The summed E-state index contributed by atoms with van der Waals surface area (Å²) in [5.74, 6) is -2.00. The van der Waals surface area contributed by atoms with Crippen molar-refractivity contribution in [3.05, 3.63) is 101 Å². The molecule has 0 aromatic heterocycles. The highest BCUT2D eigenvalue weighted by Gasteiger charge is 2.19. The molecule has 3 aromatic carbocycles. The number of carbonyl (C=O) groups is 3. The molecule has 1 amide bonds. The maximum absolute atomic E-state index is 12.9. The number of rotatable bonds is 5. The molecule has 134 valence electrons. The normalized spacial score (nSPS) is 10.3. The summed E-state index contributed by atoms with van der Waals surface area (Å²) in [7, 11) is 0. The van der Waals surface area contributed by atoms with E-state index in [-0.39, 0.29) is 16.9 Å². The van der Waals surface area contributed by atoms with Gasteiger partial charge in [0, 0.05) is 11.1 Å². The third-order valence-electron chi connectivity index (χ3n) is 4.11. The van der Waals surface area contributed by atoms with Crippen molar-refractivity contribution in [2.75, 3.05) is 5.32 Å². The summed E-state index contributed by atoms with van der Waals surface area (Å²) in [6.45, 7) is 1.85. The predicted molar refractivity (Wildman–Crippen MR) is 102 cm³/mol. The maximum atomic E-state index is 12.9. The molecule has 2 N–H and O–H groups in total. The van der Waals surface area contributed by atoms with Gasteiger partial charge in [0.15, 0.2) is 5.78 Å². The standard InChI is InChI=1S/C22H17NO4/c1-14-11-12-19(18(13-14)20(24)15-7-3-2-4-8-15)23-21(25)16-9-5-6-10-17(16)22(26)27/h2-13H,1H3,(H,23,25)(H,26,27). The highest BCUT2D eigenvalue weighted by molar-refractivity contribution is 6.16. The lowest BCUT2D eigenvalue weighted by Gasteiger charge is -2.13. The first kappa shape index (κ1) is 18.1. The molecule has 5 nitrogen and oxygen atoms in total. The van der Waals surface area contributed by atoms with Crippen molar-refractivity contribution < 1.29 is 19.5 Å². The molecule has 0 aliphatic carbocycles. The number of ketones is 1. The number of amides is 1. The lowest BCUT2D eigenvalue weighted by molar-refractivity contribution is 0.0692. The number of hydrogen-bond donors (Lipinski definition) is 2. The summed E-state index contributed by atoms with van der Waals surface area (Å²) in [6, 6.07) is 19.8. The molecule has 0 bridgehead atoms. The lowest BCUT2D eigenvalue weighted by atomic mass is 9.99. The Morgan fingerprint density at radius 1 is 0.778 bits per heavy atom. The number of anilines is 1. The highest BCUT2D eigenvalue weighted by atomic mass is 16.4. The van der Waals surface area contributed by atoms with Gasteiger partial charge in [0.2, 0.25) is 0 Å². The minimum atomic E-state index is -1.19. The average Bonchev–Trinajstić information content (AvgIpc) is 2.69. The number of aromatic carboxylic acids is 1. The van der Waals surface area contributed by atoms with Crippen LogP contribution in [0, 0.1) is 6.92 Å². The molecule has 0 saturated carbocycles. The van der Waals surface area contributed by atoms with Crippen LogP contribution in [0.25, 0.3) is 0 Å². The third-order valence-corrected chi connectivity index (χ3v) is 4.11. The van der Waals surface area contributed by atoms with E-state index >= 15 is 0 Å². The molecule has 0 unspecified atom stereocenters. The first-order valence-electron chi connectivity index (χ1n) is 8.31. The van der Waals surface area contributed by atoms with E-state index in [0.29, 0.717) is 16.8 Å². The van der Waals surface area contributed by atoms with Gasteiger partial charge in [-0.2, -0.15) is 0 Å². The largest absolute Gasteiger partial charge is 0.478 e. The van der Waals surface area contributed by atoms with Gasteiger partial charge < -0.3 is 10.4 Å². The van der Waals surface area contributed by atoms with Crippen molar-refractivity contribution in [2.24, 2.45) is 0 Å². The summed E-state index contributed by atoms with van der Waals surface area (Å²) in [5, 5.41) is 12.0. The van der Waals surface area contributed by atoms with E-state index in [4.69, 9.17) is 0 Å². The summed E-state index contributed by atoms with van der Waals surface area (Å²) in [6.07, 6.45) is 0. The quantitative estimate of drug-likeness (QED) is 0.670. The predicted octanol–water partition coefficient (Wildman–Crippen LogP) is 4.18. The number of carboxylic acids is 1. The highest BCUT2D eigenvalue weighted by Crippen LogP contribution is 2.22. The fourth-order valence-electron chi connectivity index (χ4n) is 2.76. The topological polar surface area (TPSA) is 83.5 Å². The van der Waals surface area contributed by atoms with Crippen LogP contribution in [0.5, 0.6) is 0 Å². The lowest BCUT2D eigenvalue weighted by Crippen LogP contribution is -2.18. The van der Waals surface area contributed by atoms with Crippen LogP contribution in [0.3, 0.4) is 0 Å². The molecule has 0 aliphatic rings. The van der Waals surface area contributed by atoms with Gasteiger partial charge in [0.05, 0.1) is 16.8 Å². The van der Waals surface area contributed by atoms with Gasteiger partial charge in [-0.25, -0.2) is 4.79 Å². The zero-order chi connectivity index (χ0) is 19.4. The molecule has 0 aliphatic heterocycles. The van der Waals surface area contributed by atoms with Gasteiger partial charge in [0.25, 0.3) is 5.91 Å². The number of benzene rings is 3. The van der Waals surface area contributed by atoms with Gasteiger partial charge in [-0.05, 0) is 31.2 Å². The van der Waals surface area contributed by atoms with Crippen molar-refractivity contribution >= 4 is 23.3 Å². The summed E-state index contributed by atoms with van der Waals surface area (Å²) >= 11 is 0. The van der Waals surface area contributed by atoms with Crippen molar-refractivity contribution in [1.82, 2.24) is 0 Å². The zero-order valence-electron chi connectivity index (χ0n) is 14.6. The van der Waals surface area contributed by atoms with Gasteiger partial charge >= 0.3 is 5.97 Å². The van der Waals surface area contributed by atoms with E-state index in [9.17, 15) is 19.5 Å². The molecule has 0 fully saturated rings. The van der Waals surface area contributed by atoms with Crippen LogP contribution in [0.1, 0.15) is 42.2 Å². The second-order valence-corrected chi connectivity index (χ2v) is 6.05. The number of carbonyl (C=O) groups excluding carboxylic acids is 2. The van der Waals surface area contributed by atoms with E-state index in [1.165, 1.54) is 12.1 Å². The molecule has 5 heteroatoms. The summed E-state index contributed by atoms with van der Waals surface area (Å²) in [5.41, 5.74) is 1.99. The molecule has 27 heavy (non-hydrogen) atoms. The average molecular weight is 359 g/mol. The minimum Gasteiger partial charge on any atom is -0.478 e. The van der Waals surface area contributed by atoms with Crippen molar-refractivity contribution in [3.63, 3.8) is 0 Å². The van der Waals surface area contributed by atoms with Crippen molar-refractivity contribution in [2.45, 2.75) is 6.92 Å². The number of carboxylic acid groups (broad SMARTS) is 1. The zero-order valence-corrected chi connectivity index (χ0v) is 14.6. The Bertz CT molecular complexity index is 1030. The molecule has 0 saturated heterocycles. The van der Waals surface area contributed by atoms with E-state index in [0.717, 1.165) is 5.56 Å². The van der Waals surface area contributed by atoms with Crippen molar-refractivity contribution in [3.8, 4) is 0 Å². The molecule has 3 aromatic rings. The Balaban J connectivity index is 1.98. The number of hydrogen-bond acceptors (Lipinski definition) is 3. The van der Waals surface area contributed by atoms with Gasteiger partial charge in [0.1, 0.15) is 0 Å². The Labute approximate surface area is 156 Å². The molecular formula is C22H17NO4. The second kappa shape index (κ2) is 7.66. The molecule has 0 atom stereocenters. The Morgan fingerprint density at radius 2 is 1.41 bits per heavy atom. The van der Waals surface area contributed by atoms with E-state index in [1.807, 2.05) is 13.0 Å². The Kier molecular flexibility index (Phi) is 5.13. The molecule has 0 spiro atoms. The van der Waals surface area contributed by atoms with Gasteiger partial charge in [-0.1, -0.05) is 54.1 Å². The maximum Gasteiger partial charge on any atom is 0.336 e. The molecule has 3 rings (SSSR count). The van der Waals surface area contributed by atoms with Crippen LogP contribution < -0.4 is 5.32 Å². The second-order valence-electron chi connectivity index (χ2n) is 6.05. The molecule has 0 heterocycles. The van der Waals surface area contributed by atoms with Gasteiger partial charge in [-0.3, -0.25) is 9.59 Å². The minimum absolute atomic E-state index is 0.0312. The fraction of sp³-hybridized carbons (Fsp3) is 0.0455. The third kappa shape index (κ3) is 3.93. The molecular weight excluding hydrogens is 342 g/mol. The first-order valence-corrected chi connectivity index (χ1v) is 8.31. The monoisotopic (exact) mass is 359 g/mol. The van der Waals surface area contributed by atoms with E-state index in [2.05, 4.69) is 5.32 Å². The van der Waals surface area contributed by atoms with Gasteiger partial charge in [-0.15, -0.1) is 0 Å². The number of aryl methyl sites for hydroxylation is 1. The van der Waals surface area contributed by atoms with E-state index in [1.54, 1.807) is 54.6 Å². The van der Waals surface area contributed by atoms with Crippen LogP contribution in [-0.2, 0) is 0 Å². The van der Waals surface area contributed by atoms with E-state index < -0.39 is 11.9 Å². The van der Waals surface area contributed by atoms with Crippen LogP contribution in [-0.4, -0.2) is 22.8 Å². The Hall–Kier alpha value is -3.73. The molecule has 0 radical (unpaired) electrons. The van der Waals surface area contributed by atoms with Crippen LogP contribution in [0.4, 0.5) is 5.69 Å². The van der Waals surface area contributed by atoms with Crippen LogP contribution >= 0.6 is 0 Å². The summed E-state index contributed by atoms with van der Waals surface area (Å²) < 4.78 is 0. The number of nitrogens with one attached hydrogen (secondary N) is 1. The SMILES string of the molecule is Cc1ccc(NC(=O)c2ccccc2C(=O)O)c(C(=O)c2ccccc2)c1. The summed E-state index contributed by atoms with van der Waals surface area (Å²) in [4.78, 5) is 36.9. The smallest absolute Gasteiger partial charge is 0.336 e. The van der Waals surface area contributed by atoms with Crippen LogP contribution in [0.2, 0.25) is 0 Å². The van der Waals surface area contributed by atoms with Crippen molar-refractivity contribution in [1.29, 1.82) is 0 Å². The Morgan fingerprint density at radius 3 is 2.07 bits per heavy atom. The fourth-order valence-corrected chi connectivity index (χ4v) is 2.76. The van der Waals surface area contributed by atoms with Crippen LogP contribution in [0.15, 0.2) is 72.8 Å².